The summed E-state index contributed by atoms with van der Waals surface area (Å²) in [5.41, 5.74) is 4.78. The zero-order chi connectivity index (χ0) is 13.0. The first-order valence-corrected chi connectivity index (χ1v) is 4.74. The highest BCUT2D eigenvalue weighted by atomic mass is 16.6. The topological polar surface area (TPSA) is 105 Å². The van der Waals surface area contributed by atoms with Crippen molar-refractivity contribution in [2.45, 2.75) is 13.0 Å². The van der Waals surface area contributed by atoms with Crippen molar-refractivity contribution in [2.75, 3.05) is 7.11 Å². The van der Waals surface area contributed by atoms with Crippen LogP contribution < -0.4 is 15.2 Å². The van der Waals surface area contributed by atoms with E-state index in [-0.39, 0.29) is 17.2 Å². The highest BCUT2D eigenvalue weighted by Crippen LogP contribution is 2.31. The lowest BCUT2D eigenvalue weighted by Gasteiger charge is -2.11. The molecule has 0 aliphatic rings. The predicted molar refractivity (Wildman–Crippen MR) is 58.9 cm³/mol. The summed E-state index contributed by atoms with van der Waals surface area (Å²) in [4.78, 5) is 20.9. The van der Waals surface area contributed by atoms with Crippen molar-refractivity contribution in [2.24, 2.45) is 5.73 Å². The standard InChI is InChI=1S/C10H12N2O5/c1-6(10(11)13)17-7-3-4-9(16-2)8(5-7)12(14)15/h3-6H,1-2H3,(H2,11,13). The zero-order valence-electron chi connectivity index (χ0n) is 9.38. The molecule has 7 heteroatoms. The number of ether oxygens (including phenoxy) is 2. The first kappa shape index (κ1) is 12.8. The van der Waals surface area contributed by atoms with E-state index in [4.69, 9.17) is 15.2 Å². The van der Waals surface area contributed by atoms with Crippen molar-refractivity contribution >= 4 is 11.6 Å². The van der Waals surface area contributed by atoms with Crippen LogP contribution in [0.1, 0.15) is 6.92 Å². The molecule has 0 aliphatic carbocycles. The molecular weight excluding hydrogens is 228 g/mol. The van der Waals surface area contributed by atoms with Gasteiger partial charge in [-0.2, -0.15) is 0 Å². The minimum Gasteiger partial charge on any atom is -0.490 e. The van der Waals surface area contributed by atoms with E-state index >= 15 is 0 Å². The van der Waals surface area contributed by atoms with Gasteiger partial charge in [-0.05, 0) is 19.1 Å². The third-order valence-electron chi connectivity index (χ3n) is 2.06. The normalized spacial score (nSPS) is 11.6. The maximum atomic E-state index is 10.8. The molecule has 1 rings (SSSR count). The number of nitrogens with zero attached hydrogens (tertiary/aromatic N) is 1. The van der Waals surface area contributed by atoms with Gasteiger partial charge in [-0.1, -0.05) is 0 Å². The summed E-state index contributed by atoms with van der Waals surface area (Å²) in [6.07, 6.45) is -0.858. The maximum Gasteiger partial charge on any atom is 0.314 e. The first-order valence-electron chi connectivity index (χ1n) is 4.74. The minimum absolute atomic E-state index is 0.120. The summed E-state index contributed by atoms with van der Waals surface area (Å²) >= 11 is 0. The monoisotopic (exact) mass is 240 g/mol. The molecule has 0 saturated heterocycles. The van der Waals surface area contributed by atoms with Gasteiger partial charge in [0.05, 0.1) is 18.1 Å². The molecule has 2 N–H and O–H groups in total. The summed E-state index contributed by atoms with van der Waals surface area (Å²) in [7, 11) is 1.33. The quantitative estimate of drug-likeness (QED) is 0.606. The van der Waals surface area contributed by atoms with E-state index in [0.717, 1.165) is 0 Å². The fraction of sp³-hybridized carbons (Fsp3) is 0.300. The Labute approximate surface area is 97.3 Å². The molecule has 1 aromatic carbocycles. The van der Waals surface area contributed by atoms with Gasteiger partial charge in [0.2, 0.25) is 0 Å². The molecule has 17 heavy (non-hydrogen) atoms. The number of amides is 1. The maximum absolute atomic E-state index is 10.8. The van der Waals surface area contributed by atoms with Crippen LogP contribution in [0.15, 0.2) is 18.2 Å². The second kappa shape index (κ2) is 5.15. The second-order valence-electron chi connectivity index (χ2n) is 3.25. The molecule has 1 aromatic rings. The van der Waals surface area contributed by atoms with Gasteiger partial charge in [0.1, 0.15) is 5.75 Å². The summed E-state index contributed by atoms with van der Waals surface area (Å²) in [5, 5.41) is 10.7. The van der Waals surface area contributed by atoms with E-state index in [9.17, 15) is 14.9 Å². The molecule has 1 amide bonds. The van der Waals surface area contributed by atoms with Crippen LogP contribution in [-0.4, -0.2) is 24.0 Å². The van der Waals surface area contributed by atoms with Gasteiger partial charge in [-0.25, -0.2) is 0 Å². The molecule has 0 aromatic heterocycles. The lowest BCUT2D eigenvalue weighted by molar-refractivity contribution is -0.385. The van der Waals surface area contributed by atoms with E-state index in [1.807, 2.05) is 0 Å². The van der Waals surface area contributed by atoms with Crippen LogP contribution >= 0.6 is 0 Å². The fourth-order valence-electron chi connectivity index (χ4n) is 1.15. The Morgan fingerprint density at radius 2 is 2.18 bits per heavy atom. The van der Waals surface area contributed by atoms with Gasteiger partial charge in [-0.15, -0.1) is 0 Å². The minimum atomic E-state index is -0.858. The number of nitro benzene ring substituents is 1. The number of carbonyl (C=O) groups excluding carboxylic acids is 1. The Balaban J connectivity index is 3.00. The molecular formula is C10H12N2O5. The summed E-state index contributed by atoms with van der Waals surface area (Å²) < 4.78 is 9.96. The van der Waals surface area contributed by atoms with Gasteiger partial charge >= 0.3 is 5.69 Å². The Hall–Kier alpha value is -2.31. The van der Waals surface area contributed by atoms with Crippen LogP contribution in [-0.2, 0) is 4.79 Å². The third kappa shape index (κ3) is 3.07. The molecule has 0 spiro atoms. The predicted octanol–water partition coefficient (Wildman–Crippen LogP) is 0.856. The number of carbonyl (C=O) groups is 1. The van der Waals surface area contributed by atoms with Crippen molar-refractivity contribution in [3.8, 4) is 11.5 Å². The van der Waals surface area contributed by atoms with Crippen molar-refractivity contribution in [1.82, 2.24) is 0 Å². The Morgan fingerprint density at radius 3 is 2.65 bits per heavy atom. The number of benzene rings is 1. The third-order valence-corrected chi connectivity index (χ3v) is 2.06. The highest BCUT2D eigenvalue weighted by molar-refractivity contribution is 5.78. The zero-order valence-corrected chi connectivity index (χ0v) is 9.38. The van der Waals surface area contributed by atoms with E-state index in [0.29, 0.717) is 0 Å². The van der Waals surface area contributed by atoms with Gasteiger partial charge in [0.25, 0.3) is 5.91 Å². The van der Waals surface area contributed by atoms with Gasteiger partial charge < -0.3 is 15.2 Å². The average molecular weight is 240 g/mol. The van der Waals surface area contributed by atoms with Crippen LogP contribution in [0.3, 0.4) is 0 Å². The Bertz CT molecular complexity index is 446. The van der Waals surface area contributed by atoms with Crippen LogP contribution in [0.2, 0.25) is 0 Å². The van der Waals surface area contributed by atoms with Crippen molar-refractivity contribution in [1.29, 1.82) is 0 Å². The summed E-state index contributed by atoms with van der Waals surface area (Å²) in [6, 6.07) is 4.03. The molecule has 0 saturated carbocycles. The molecule has 92 valence electrons. The van der Waals surface area contributed by atoms with Crippen LogP contribution in [0, 0.1) is 10.1 Å². The van der Waals surface area contributed by atoms with Crippen molar-refractivity contribution < 1.29 is 19.2 Å². The fourth-order valence-corrected chi connectivity index (χ4v) is 1.15. The number of rotatable bonds is 5. The molecule has 0 radical (unpaired) electrons. The Morgan fingerprint density at radius 1 is 1.53 bits per heavy atom. The van der Waals surface area contributed by atoms with Crippen molar-refractivity contribution in [3.05, 3.63) is 28.3 Å². The lowest BCUT2D eigenvalue weighted by Crippen LogP contribution is -2.30. The van der Waals surface area contributed by atoms with E-state index in [1.54, 1.807) is 0 Å². The van der Waals surface area contributed by atoms with Crippen LogP contribution in [0.25, 0.3) is 0 Å². The summed E-state index contributed by atoms with van der Waals surface area (Å²) in [6.45, 7) is 1.46. The molecule has 0 bridgehead atoms. The first-order chi connectivity index (χ1) is 7.95. The molecule has 0 heterocycles. The molecule has 0 fully saturated rings. The molecule has 1 unspecified atom stereocenters. The number of hydrogen-bond acceptors (Lipinski definition) is 5. The van der Waals surface area contributed by atoms with E-state index in [2.05, 4.69) is 0 Å². The van der Waals surface area contributed by atoms with Crippen molar-refractivity contribution in [3.63, 3.8) is 0 Å². The lowest BCUT2D eigenvalue weighted by atomic mass is 10.2. The van der Waals surface area contributed by atoms with E-state index in [1.165, 1.54) is 32.2 Å². The Kier molecular flexibility index (Phi) is 3.86. The van der Waals surface area contributed by atoms with Crippen LogP contribution in [0.4, 0.5) is 5.69 Å². The number of nitrogens with two attached hydrogens (primary N) is 1. The smallest absolute Gasteiger partial charge is 0.314 e. The molecule has 0 aliphatic heterocycles. The largest absolute Gasteiger partial charge is 0.490 e. The summed E-state index contributed by atoms with van der Waals surface area (Å²) in [5.74, 6) is -0.346. The number of methoxy groups -OCH3 is 1. The van der Waals surface area contributed by atoms with Gasteiger partial charge in [0.15, 0.2) is 11.9 Å². The molecule has 7 nitrogen and oxygen atoms in total. The average Bonchev–Trinajstić information content (AvgIpc) is 2.28. The highest BCUT2D eigenvalue weighted by Gasteiger charge is 2.18. The van der Waals surface area contributed by atoms with E-state index < -0.39 is 16.9 Å². The van der Waals surface area contributed by atoms with Gasteiger partial charge in [-0.3, -0.25) is 14.9 Å². The number of nitro groups is 1. The number of hydrogen-bond donors (Lipinski definition) is 1. The number of primary amides is 1. The van der Waals surface area contributed by atoms with Crippen LogP contribution in [0.5, 0.6) is 11.5 Å². The second-order valence-corrected chi connectivity index (χ2v) is 3.25. The molecule has 1 atom stereocenters. The SMILES string of the molecule is COc1ccc(OC(C)C(N)=O)cc1[N+](=O)[O-]. The van der Waals surface area contributed by atoms with Gasteiger partial charge in [0, 0.05) is 0 Å².